The minimum Gasteiger partial charge on any atom is -0.481 e. The van der Waals surface area contributed by atoms with Crippen molar-refractivity contribution in [3.8, 4) is 0 Å². The van der Waals surface area contributed by atoms with Gasteiger partial charge in [0.25, 0.3) is 0 Å². The van der Waals surface area contributed by atoms with Gasteiger partial charge in [-0.1, -0.05) is 30.7 Å². The van der Waals surface area contributed by atoms with E-state index in [0.29, 0.717) is 26.0 Å². The van der Waals surface area contributed by atoms with Gasteiger partial charge in [-0.05, 0) is 24.0 Å². The summed E-state index contributed by atoms with van der Waals surface area (Å²) in [6, 6.07) is 7.78. The Hall–Kier alpha value is -1.88. The standard InChI is InChI=1S/C16H23NO4/c1-21-12-14-7-5-6-13(10-14)11-15(18)17-9-4-2-3-8-16(19)20/h5-7,10H,2-4,8-9,11-12H2,1H3,(H,17,18)(H,19,20). The highest BCUT2D eigenvalue weighted by atomic mass is 16.5. The van der Waals surface area contributed by atoms with E-state index >= 15 is 0 Å². The number of ether oxygens (including phenoxy) is 1. The van der Waals surface area contributed by atoms with Gasteiger partial charge in [0.1, 0.15) is 0 Å². The number of nitrogens with one attached hydrogen (secondary N) is 1. The summed E-state index contributed by atoms with van der Waals surface area (Å²) in [6.07, 6.45) is 2.83. The number of unbranched alkanes of at least 4 members (excludes halogenated alkanes) is 2. The first kappa shape index (κ1) is 17.2. The first-order valence-corrected chi connectivity index (χ1v) is 7.17. The van der Waals surface area contributed by atoms with Gasteiger partial charge in [0, 0.05) is 20.1 Å². The third kappa shape index (κ3) is 8.09. The van der Waals surface area contributed by atoms with Crippen LogP contribution in [0, 0.1) is 0 Å². The van der Waals surface area contributed by atoms with E-state index in [1.54, 1.807) is 7.11 Å². The largest absolute Gasteiger partial charge is 0.481 e. The summed E-state index contributed by atoms with van der Waals surface area (Å²) in [5, 5.41) is 11.4. The zero-order valence-corrected chi connectivity index (χ0v) is 12.4. The third-order valence-corrected chi connectivity index (χ3v) is 3.06. The third-order valence-electron chi connectivity index (χ3n) is 3.06. The van der Waals surface area contributed by atoms with Crippen molar-refractivity contribution in [2.24, 2.45) is 0 Å². The number of methoxy groups -OCH3 is 1. The Balaban J connectivity index is 2.21. The molecule has 1 aromatic carbocycles. The molecule has 0 aliphatic heterocycles. The molecule has 0 unspecified atom stereocenters. The van der Waals surface area contributed by atoms with Crippen LogP contribution in [0.15, 0.2) is 24.3 Å². The van der Waals surface area contributed by atoms with Crippen molar-refractivity contribution in [2.45, 2.75) is 38.7 Å². The molecular formula is C16H23NO4. The number of benzene rings is 1. The Morgan fingerprint density at radius 1 is 1.19 bits per heavy atom. The molecule has 0 atom stereocenters. The minimum atomic E-state index is -0.769. The molecule has 21 heavy (non-hydrogen) atoms. The average Bonchev–Trinajstić information content (AvgIpc) is 2.43. The van der Waals surface area contributed by atoms with Crippen molar-refractivity contribution in [3.05, 3.63) is 35.4 Å². The van der Waals surface area contributed by atoms with Gasteiger partial charge in [0.05, 0.1) is 13.0 Å². The number of carbonyl (C=O) groups excluding carboxylic acids is 1. The molecule has 1 amide bonds. The van der Waals surface area contributed by atoms with Crippen LogP contribution in [0.4, 0.5) is 0 Å². The number of carboxylic acid groups (broad SMARTS) is 1. The van der Waals surface area contributed by atoms with Gasteiger partial charge < -0.3 is 15.2 Å². The van der Waals surface area contributed by atoms with E-state index in [0.717, 1.165) is 24.0 Å². The van der Waals surface area contributed by atoms with Gasteiger partial charge in [0.15, 0.2) is 0 Å². The predicted molar refractivity (Wildman–Crippen MR) is 80.0 cm³/mol. The van der Waals surface area contributed by atoms with Crippen LogP contribution < -0.4 is 5.32 Å². The van der Waals surface area contributed by atoms with Gasteiger partial charge in [-0.15, -0.1) is 0 Å². The zero-order chi connectivity index (χ0) is 15.5. The topological polar surface area (TPSA) is 75.6 Å². The van der Waals surface area contributed by atoms with Crippen LogP contribution >= 0.6 is 0 Å². The lowest BCUT2D eigenvalue weighted by Gasteiger charge is -2.06. The zero-order valence-electron chi connectivity index (χ0n) is 12.4. The van der Waals surface area contributed by atoms with Crippen molar-refractivity contribution in [1.29, 1.82) is 0 Å². The molecule has 1 aromatic rings. The fourth-order valence-electron chi connectivity index (χ4n) is 2.05. The highest BCUT2D eigenvalue weighted by molar-refractivity contribution is 5.78. The first-order chi connectivity index (χ1) is 10.1. The lowest BCUT2D eigenvalue weighted by molar-refractivity contribution is -0.137. The molecule has 1 rings (SSSR count). The number of hydrogen-bond donors (Lipinski definition) is 2. The number of carboxylic acids is 1. The summed E-state index contributed by atoms with van der Waals surface area (Å²) in [6.45, 7) is 1.13. The number of hydrogen-bond acceptors (Lipinski definition) is 3. The molecule has 0 spiro atoms. The van der Waals surface area contributed by atoms with Gasteiger partial charge in [-0.3, -0.25) is 9.59 Å². The lowest BCUT2D eigenvalue weighted by atomic mass is 10.1. The van der Waals surface area contributed by atoms with E-state index in [4.69, 9.17) is 9.84 Å². The van der Waals surface area contributed by atoms with Gasteiger partial charge >= 0.3 is 5.97 Å². The second-order valence-corrected chi connectivity index (χ2v) is 4.98. The van der Waals surface area contributed by atoms with Crippen molar-refractivity contribution >= 4 is 11.9 Å². The maximum Gasteiger partial charge on any atom is 0.303 e. The molecule has 0 aliphatic carbocycles. The Bertz CT molecular complexity index is 459. The van der Waals surface area contributed by atoms with Crippen molar-refractivity contribution < 1.29 is 19.4 Å². The first-order valence-electron chi connectivity index (χ1n) is 7.17. The molecule has 0 saturated carbocycles. The molecule has 5 nitrogen and oxygen atoms in total. The predicted octanol–water partition coefficient (Wildman–Crippen LogP) is 2.14. The summed E-state index contributed by atoms with van der Waals surface area (Å²) in [4.78, 5) is 22.1. The maximum absolute atomic E-state index is 11.8. The Labute approximate surface area is 125 Å². The van der Waals surface area contributed by atoms with Gasteiger partial charge in [0.2, 0.25) is 5.91 Å². The van der Waals surface area contributed by atoms with E-state index in [1.807, 2.05) is 24.3 Å². The fourth-order valence-corrected chi connectivity index (χ4v) is 2.05. The van der Waals surface area contributed by atoms with Gasteiger partial charge in [-0.25, -0.2) is 0 Å². The molecule has 0 aromatic heterocycles. The fraction of sp³-hybridized carbons (Fsp3) is 0.500. The number of carbonyl (C=O) groups is 2. The average molecular weight is 293 g/mol. The quantitative estimate of drug-likeness (QED) is 0.648. The highest BCUT2D eigenvalue weighted by Gasteiger charge is 2.04. The van der Waals surface area contributed by atoms with Crippen LogP contribution in [0.5, 0.6) is 0 Å². The molecular weight excluding hydrogens is 270 g/mol. The molecule has 5 heteroatoms. The van der Waals surface area contributed by atoms with E-state index in [1.165, 1.54) is 0 Å². The van der Waals surface area contributed by atoms with E-state index in [9.17, 15) is 9.59 Å². The van der Waals surface area contributed by atoms with Crippen molar-refractivity contribution in [2.75, 3.05) is 13.7 Å². The van der Waals surface area contributed by atoms with E-state index < -0.39 is 5.97 Å². The molecule has 0 saturated heterocycles. The summed E-state index contributed by atoms with van der Waals surface area (Å²) in [5.41, 5.74) is 2.02. The molecule has 2 N–H and O–H groups in total. The molecule has 0 bridgehead atoms. The number of aliphatic carboxylic acids is 1. The SMILES string of the molecule is COCc1cccc(CC(=O)NCCCCCC(=O)O)c1. The van der Waals surface area contributed by atoms with Crippen LogP contribution in [0.1, 0.15) is 36.8 Å². The van der Waals surface area contributed by atoms with Crippen LogP contribution in [-0.2, 0) is 27.4 Å². The maximum atomic E-state index is 11.8. The molecule has 0 heterocycles. The van der Waals surface area contributed by atoms with Crippen LogP contribution in [-0.4, -0.2) is 30.6 Å². The molecule has 0 radical (unpaired) electrons. The molecule has 0 fully saturated rings. The highest BCUT2D eigenvalue weighted by Crippen LogP contribution is 2.07. The normalized spacial score (nSPS) is 10.3. The number of rotatable bonds is 10. The summed E-state index contributed by atoms with van der Waals surface area (Å²) in [7, 11) is 1.64. The van der Waals surface area contributed by atoms with Crippen LogP contribution in [0.25, 0.3) is 0 Å². The van der Waals surface area contributed by atoms with E-state index in [-0.39, 0.29) is 12.3 Å². The van der Waals surface area contributed by atoms with E-state index in [2.05, 4.69) is 5.32 Å². The summed E-state index contributed by atoms with van der Waals surface area (Å²) < 4.78 is 5.06. The Kier molecular flexibility index (Phi) is 8.12. The van der Waals surface area contributed by atoms with Crippen LogP contribution in [0.2, 0.25) is 0 Å². The number of amides is 1. The monoisotopic (exact) mass is 293 g/mol. The Morgan fingerprint density at radius 3 is 2.67 bits per heavy atom. The van der Waals surface area contributed by atoms with Gasteiger partial charge in [-0.2, -0.15) is 0 Å². The van der Waals surface area contributed by atoms with Crippen LogP contribution in [0.3, 0.4) is 0 Å². The molecule has 0 aliphatic rings. The van der Waals surface area contributed by atoms with Crippen molar-refractivity contribution in [1.82, 2.24) is 5.32 Å². The minimum absolute atomic E-state index is 0.0113. The summed E-state index contributed by atoms with van der Waals surface area (Å²) >= 11 is 0. The Morgan fingerprint density at radius 2 is 1.95 bits per heavy atom. The lowest BCUT2D eigenvalue weighted by Crippen LogP contribution is -2.26. The second kappa shape index (κ2) is 9.94. The smallest absolute Gasteiger partial charge is 0.303 e. The summed E-state index contributed by atoms with van der Waals surface area (Å²) in [5.74, 6) is -0.780. The van der Waals surface area contributed by atoms with Crippen molar-refractivity contribution in [3.63, 3.8) is 0 Å². The second-order valence-electron chi connectivity index (χ2n) is 4.98. The molecule has 116 valence electrons.